The van der Waals surface area contributed by atoms with Gasteiger partial charge in [0.15, 0.2) is 0 Å². The molecule has 0 bridgehead atoms. The van der Waals surface area contributed by atoms with Gasteiger partial charge in [0.2, 0.25) is 5.91 Å². The molecule has 2 aliphatic rings. The van der Waals surface area contributed by atoms with Gasteiger partial charge in [-0.15, -0.1) is 0 Å². The summed E-state index contributed by atoms with van der Waals surface area (Å²) in [6, 6.07) is 19.4. The number of aryl methyl sites for hydroxylation is 1. The van der Waals surface area contributed by atoms with E-state index in [2.05, 4.69) is 22.9 Å². The zero-order chi connectivity index (χ0) is 28.8. The lowest BCUT2D eigenvalue weighted by Gasteiger charge is -2.30. The van der Waals surface area contributed by atoms with Crippen molar-refractivity contribution in [3.63, 3.8) is 0 Å². The Kier molecular flexibility index (Phi) is 9.31. The molecule has 0 saturated carbocycles. The lowest BCUT2D eigenvalue weighted by molar-refractivity contribution is -0.143. The molecule has 2 aliphatic heterocycles. The molecule has 3 aromatic rings. The Bertz CT molecular complexity index is 1350. The molecule has 3 heterocycles. The monoisotopic (exact) mass is 556 g/mol. The SMILES string of the molecule is CCCCN(C(=O)CN1CC(c2ccc3c(c2)CCO3)C(C(=O)O)C1CCc1ccccn1)c1cccc(CN)c1. The zero-order valence-electron chi connectivity index (χ0n) is 23.7. The van der Waals surface area contributed by atoms with Crippen molar-refractivity contribution in [1.82, 2.24) is 9.88 Å². The van der Waals surface area contributed by atoms with Crippen LogP contribution in [0.3, 0.4) is 0 Å². The maximum atomic E-state index is 14.0. The number of carbonyl (C=O) groups is 2. The summed E-state index contributed by atoms with van der Waals surface area (Å²) in [6.07, 6.45) is 5.66. The molecule has 3 unspecified atom stereocenters. The summed E-state index contributed by atoms with van der Waals surface area (Å²) in [5.41, 5.74) is 10.7. The first-order chi connectivity index (χ1) is 20.0. The number of hydrogen-bond acceptors (Lipinski definition) is 6. The molecule has 2 aromatic carbocycles. The van der Waals surface area contributed by atoms with Gasteiger partial charge in [-0.3, -0.25) is 19.5 Å². The van der Waals surface area contributed by atoms with E-state index in [1.54, 1.807) is 6.20 Å². The number of fused-ring (bicyclic) bond motifs is 1. The molecule has 3 atom stereocenters. The highest BCUT2D eigenvalue weighted by Crippen LogP contribution is 2.41. The van der Waals surface area contributed by atoms with E-state index in [4.69, 9.17) is 10.5 Å². The number of pyridine rings is 1. The quantitative estimate of drug-likeness (QED) is 0.340. The van der Waals surface area contributed by atoms with Crippen molar-refractivity contribution < 1.29 is 19.4 Å². The highest BCUT2D eigenvalue weighted by Gasteiger charge is 2.47. The number of rotatable bonds is 12. The van der Waals surface area contributed by atoms with Crippen molar-refractivity contribution in [3.05, 3.63) is 89.2 Å². The lowest BCUT2D eigenvalue weighted by Crippen LogP contribution is -2.44. The number of nitrogens with two attached hydrogens (primary N) is 1. The fourth-order valence-corrected chi connectivity index (χ4v) is 6.29. The van der Waals surface area contributed by atoms with Gasteiger partial charge in [0.05, 0.1) is 19.1 Å². The molecular formula is C33H40N4O4. The summed E-state index contributed by atoms with van der Waals surface area (Å²) in [6.45, 7) is 4.41. The maximum absolute atomic E-state index is 14.0. The number of likely N-dealkylation sites (tertiary alicyclic amines) is 1. The first-order valence-corrected chi connectivity index (χ1v) is 14.7. The summed E-state index contributed by atoms with van der Waals surface area (Å²) in [5, 5.41) is 10.5. The fraction of sp³-hybridized carbons (Fsp3) is 0.424. The van der Waals surface area contributed by atoms with Gasteiger partial charge < -0.3 is 20.5 Å². The van der Waals surface area contributed by atoms with Crippen LogP contribution in [0.2, 0.25) is 0 Å². The van der Waals surface area contributed by atoms with Crippen LogP contribution in [0.4, 0.5) is 5.69 Å². The average Bonchev–Trinajstić information content (AvgIpc) is 3.61. The molecule has 5 rings (SSSR count). The van der Waals surface area contributed by atoms with Crippen LogP contribution in [-0.2, 0) is 29.0 Å². The van der Waals surface area contributed by atoms with Crippen LogP contribution in [0.1, 0.15) is 54.5 Å². The van der Waals surface area contributed by atoms with E-state index in [0.717, 1.165) is 53.1 Å². The molecular weight excluding hydrogens is 516 g/mol. The second-order valence-corrected chi connectivity index (χ2v) is 11.1. The van der Waals surface area contributed by atoms with Crippen LogP contribution in [0, 0.1) is 5.92 Å². The summed E-state index contributed by atoms with van der Waals surface area (Å²) in [5.74, 6) is -0.849. The number of benzene rings is 2. The van der Waals surface area contributed by atoms with Crippen LogP contribution >= 0.6 is 0 Å². The van der Waals surface area contributed by atoms with Gasteiger partial charge in [0.25, 0.3) is 0 Å². The van der Waals surface area contributed by atoms with E-state index in [9.17, 15) is 14.7 Å². The van der Waals surface area contributed by atoms with Gasteiger partial charge >= 0.3 is 5.97 Å². The van der Waals surface area contributed by atoms with Crippen molar-refractivity contribution in [2.45, 2.75) is 57.5 Å². The Morgan fingerprint density at radius 1 is 1.15 bits per heavy atom. The number of carboxylic acid groups (broad SMARTS) is 1. The molecule has 41 heavy (non-hydrogen) atoms. The number of carboxylic acids is 1. The first-order valence-electron chi connectivity index (χ1n) is 14.7. The molecule has 3 N–H and O–H groups in total. The van der Waals surface area contributed by atoms with Crippen molar-refractivity contribution >= 4 is 17.6 Å². The van der Waals surface area contributed by atoms with E-state index in [1.165, 1.54) is 0 Å². The van der Waals surface area contributed by atoms with Crippen LogP contribution in [0.15, 0.2) is 66.9 Å². The van der Waals surface area contributed by atoms with Crippen molar-refractivity contribution in [2.75, 3.05) is 31.1 Å². The molecule has 1 amide bonds. The highest BCUT2D eigenvalue weighted by atomic mass is 16.5. The van der Waals surface area contributed by atoms with Gasteiger partial charge in [-0.25, -0.2) is 0 Å². The molecule has 0 spiro atoms. The Balaban J connectivity index is 1.44. The summed E-state index contributed by atoms with van der Waals surface area (Å²) in [4.78, 5) is 35.2. The number of nitrogens with zero attached hydrogens (tertiary/aromatic N) is 3. The van der Waals surface area contributed by atoms with Crippen molar-refractivity contribution in [1.29, 1.82) is 0 Å². The standard InChI is InChI=1S/C33H40N4O4/c1-2-3-16-37(27-9-6-7-23(18-27)20-34)31(38)22-36-21-28(24-10-13-30-25(19-24)14-17-41-30)32(33(39)40)29(36)12-11-26-8-4-5-15-35-26/h4-10,13,15,18-19,28-29,32H,2-3,11-12,14,16-17,20-22,34H2,1H3,(H,39,40). The molecule has 8 nitrogen and oxygen atoms in total. The Morgan fingerprint density at radius 2 is 2.02 bits per heavy atom. The normalized spacial score (nSPS) is 20.0. The minimum absolute atomic E-state index is 0.0254. The molecule has 0 aliphatic carbocycles. The largest absolute Gasteiger partial charge is 0.493 e. The number of amides is 1. The summed E-state index contributed by atoms with van der Waals surface area (Å²) < 4.78 is 5.70. The fourth-order valence-electron chi connectivity index (χ4n) is 6.29. The van der Waals surface area contributed by atoms with Gasteiger partial charge in [-0.1, -0.05) is 43.7 Å². The zero-order valence-corrected chi connectivity index (χ0v) is 23.7. The molecule has 1 saturated heterocycles. The van der Waals surface area contributed by atoms with E-state index < -0.39 is 11.9 Å². The van der Waals surface area contributed by atoms with Gasteiger partial charge in [-0.2, -0.15) is 0 Å². The van der Waals surface area contributed by atoms with Gasteiger partial charge in [-0.05, 0) is 66.3 Å². The minimum atomic E-state index is -0.828. The number of aromatic nitrogens is 1. The van der Waals surface area contributed by atoms with Gasteiger partial charge in [0, 0.05) is 55.6 Å². The predicted molar refractivity (Wildman–Crippen MR) is 159 cm³/mol. The molecule has 8 heteroatoms. The highest BCUT2D eigenvalue weighted by molar-refractivity contribution is 5.95. The second kappa shape index (κ2) is 13.3. The van der Waals surface area contributed by atoms with Crippen LogP contribution in [0.5, 0.6) is 5.75 Å². The Labute approximate surface area is 242 Å². The predicted octanol–water partition coefficient (Wildman–Crippen LogP) is 4.41. The Hall–Kier alpha value is -3.75. The Morgan fingerprint density at radius 3 is 2.78 bits per heavy atom. The van der Waals surface area contributed by atoms with Gasteiger partial charge in [0.1, 0.15) is 5.75 Å². The third-order valence-corrected chi connectivity index (χ3v) is 8.43. The van der Waals surface area contributed by atoms with Crippen LogP contribution in [-0.4, -0.2) is 59.1 Å². The van der Waals surface area contributed by atoms with Crippen LogP contribution < -0.4 is 15.4 Å². The van der Waals surface area contributed by atoms with E-state index in [1.807, 2.05) is 59.5 Å². The summed E-state index contributed by atoms with van der Waals surface area (Å²) in [7, 11) is 0. The average molecular weight is 557 g/mol. The van der Waals surface area contributed by atoms with E-state index >= 15 is 0 Å². The number of unbranched alkanes of at least 4 members (excludes halogenated alkanes) is 1. The van der Waals surface area contributed by atoms with Crippen LogP contribution in [0.25, 0.3) is 0 Å². The smallest absolute Gasteiger partial charge is 0.308 e. The topological polar surface area (TPSA) is 109 Å². The lowest BCUT2D eigenvalue weighted by atomic mass is 9.83. The molecule has 0 radical (unpaired) electrons. The number of hydrogen-bond donors (Lipinski definition) is 2. The molecule has 1 fully saturated rings. The second-order valence-electron chi connectivity index (χ2n) is 11.1. The third-order valence-electron chi connectivity index (χ3n) is 8.43. The van der Waals surface area contributed by atoms with E-state index in [-0.39, 0.29) is 24.4 Å². The number of carbonyl (C=O) groups excluding carboxylic acids is 1. The summed E-state index contributed by atoms with van der Waals surface area (Å²) >= 11 is 0. The first kappa shape index (κ1) is 28.8. The van der Waals surface area contributed by atoms with Crippen molar-refractivity contribution in [2.24, 2.45) is 11.7 Å². The maximum Gasteiger partial charge on any atom is 0.308 e. The van der Waals surface area contributed by atoms with Crippen molar-refractivity contribution in [3.8, 4) is 5.75 Å². The minimum Gasteiger partial charge on any atom is -0.493 e. The number of ether oxygens (including phenoxy) is 1. The number of aliphatic carboxylic acids is 1. The molecule has 216 valence electrons. The third kappa shape index (κ3) is 6.60. The molecule has 1 aromatic heterocycles. The van der Waals surface area contributed by atoms with E-state index in [0.29, 0.717) is 39.1 Å². The number of anilines is 1.